The van der Waals surface area contributed by atoms with E-state index in [0.717, 1.165) is 42.4 Å². The van der Waals surface area contributed by atoms with E-state index in [2.05, 4.69) is 17.4 Å². The molecule has 3 rings (SSSR count). The summed E-state index contributed by atoms with van der Waals surface area (Å²) in [6.07, 6.45) is 6.86. The van der Waals surface area contributed by atoms with Crippen LogP contribution in [0.4, 0.5) is 0 Å². The van der Waals surface area contributed by atoms with Crippen LogP contribution in [0.15, 0.2) is 48.5 Å². The van der Waals surface area contributed by atoms with E-state index >= 15 is 0 Å². The summed E-state index contributed by atoms with van der Waals surface area (Å²) >= 11 is 0. The van der Waals surface area contributed by atoms with Gasteiger partial charge in [0.1, 0.15) is 11.8 Å². The van der Waals surface area contributed by atoms with Gasteiger partial charge in [-0.25, -0.2) is 0 Å². The van der Waals surface area contributed by atoms with Crippen molar-refractivity contribution in [2.75, 3.05) is 13.2 Å². The largest absolute Gasteiger partial charge is 0.483 e. The number of hydrogen-bond donors (Lipinski definition) is 1. The fourth-order valence-corrected chi connectivity index (χ4v) is 4.54. The van der Waals surface area contributed by atoms with Gasteiger partial charge in [-0.15, -0.1) is 0 Å². The van der Waals surface area contributed by atoms with Gasteiger partial charge in [0.15, 0.2) is 6.61 Å². The van der Waals surface area contributed by atoms with Gasteiger partial charge < -0.3 is 15.0 Å². The molecule has 0 saturated heterocycles. The Balaban J connectivity index is 1.72. The molecule has 5 nitrogen and oxygen atoms in total. The fourth-order valence-electron chi connectivity index (χ4n) is 4.54. The minimum Gasteiger partial charge on any atom is -0.483 e. The van der Waals surface area contributed by atoms with Gasteiger partial charge in [-0.3, -0.25) is 9.59 Å². The Morgan fingerprint density at radius 2 is 1.76 bits per heavy atom. The Labute approximate surface area is 198 Å². The molecular formula is C28H38N2O3. The zero-order chi connectivity index (χ0) is 23.6. The van der Waals surface area contributed by atoms with Crippen molar-refractivity contribution in [3.05, 3.63) is 65.2 Å². The van der Waals surface area contributed by atoms with Crippen molar-refractivity contribution >= 4 is 11.8 Å². The number of nitrogens with zero attached hydrogens (tertiary/aromatic N) is 1. The molecule has 2 amide bonds. The number of nitrogens with one attached hydrogen (secondary N) is 1. The third-order valence-corrected chi connectivity index (χ3v) is 6.73. The van der Waals surface area contributed by atoms with Crippen molar-refractivity contribution in [3.63, 3.8) is 0 Å². The van der Waals surface area contributed by atoms with Crippen molar-refractivity contribution in [2.45, 2.75) is 77.8 Å². The number of rotatable bonds is 10. The number of ether oxygens (including phenoxy) is 1. The molecule has 1 atom stereocenters. The van der Waals surface area contributed by atoms with E-state index in [1.54, 1.807) is 4.90 Å². The molecule has 178 valence electrons. The Bertz CT molecular complexity index is 907. The first kappa shape index (κ1) is 24.8. The van der Waals surface area contributed by atoms with Crippen molar-refractivity contribution < 1.29 is 14.3 Å². The molecule has 0 bridgehead atoms. The van der Waals surface area contributed by atoms with Crippen LogP contribution >= 0.6 is 0 Å². The molecule has 1 aliphatic rings. The molecule has 1 saturated carbocycles. The molecule has 0 heterocycles. The van der Waals surface area contributed by atoms with Crippen molar-refractivity contribution in [2.24, 2.45) is 0 Å². The van der Waals surface area contributed by atoms with Gasteiger partial charge in [0, 0.05) is 12.6 Å². The van der Waals surface area contributed by atoms with E-state index in [1.807, 2.05) is 57.2 Å². The highest BCUT2D eigenvalue weighted by molar-refractivity contribution is 5.88. The predicted octanol–water partition coefficient (Wildman–Crippen LogP) is 4.98. The minimum atomic E-state index is -0.495. The van der Waals surface area contributed by atoms with Crippen LogP contribution in [0.25, 0.3) is 0 Å². The second kappa shape index (κ2) is 12.4. The lowest BCUT2D eigenvalue weighted by atomic mass is 9.95. The molecule has 1 fully saturated rings. The number of amides is 2. The zero-order valence-corrected chi connectivity index (χ0v) is 20.3. The van der Waals surface area contributed by atoms with Gasteiger partial charge >= 0.3 is 0 Å². The van der Waals surface area contributed by atoms with Crippen LogP contribution in [0.2, 0.25) is 0 Å². The molecule has 5 heteroatoms. The van der Waals surface area contributed by atoms with Crippen molar-refractivity contribution in [3.8, 4) is 5.75 Å². The van der Waals surface area contributed by atoms with Crippen LogP contribution in [0.1, 0.15) is 62.1 Å². The van der Waals surface area contributed by atoms with E-state index in [4.69, 9.17) is 4.74 Å². The van der Waals surface area contributed by atoms with Gasteiger partial charge in [-0.1, -0.05) is 68.7 Å². The first-order valence-electron chi connectivity index (χ1n) is 12.3. The van der Waals surface area contributed by atoms with Crippen LogP contribution in [-0.4, -0.2) is 41.9 Å². The Hall–Kier alpha value is -2.82. The summed E-state index contributed by atoms with van der Waals surface area (Å²) in [6.45, 7) is 6.40. The van der Waals surface area contributed by atoms with Gasteiger partial charge in [-0.2, -0.15) is 0 Å². The highest BCUT2D eigenvalue weighted by atomic mass is 16.5. The SMILES string of the molecule is CC[C@@H](C(=O)NC1CCCCC1)N(CCc1ccccc1)C(=O)COc1cccc(C)c1C. The van der Waals surface area contributed by atoms with Gasteiger partial charge in [-0.05, 0) is 62.3 Å². The van der Waals surface area contributed by atoms with Crippen LogP contribution in [0, 0.1) is 13.8 Å². The molecule has 0 radical (unpaired) electrons. The van der Waals surface area contributed by atoms with Gasteiger partial charge in [0.2, 0.25) is 5.91 Å². The molecule has 0 spiro atoms. The summed E-state index contributed by atoms with van der Waals surface area (Å²) in [5.41, 5.74) is 3.30. The van der Waals surface area contributed by atoms with Crippen LogP contribution in [0.3, 0.4) is 0 Å². The second-order valence-electron chi connectivity index (χ2n) is 9.08. The maximum absolute atomic E-state index is 13.4. The van der Waals surface area contributed by atoms with Crippen molar-refractivity contribution in [1.82, 2.24) is 10.2 Å². The second-order valence-corrected chi connectivity index (χ2v) is 9.08. The van der Waals surface area contributed by atoms with Gasteiger partial charge in [0.25, 0.3) is 5.91 Å². The molecule has 0 aliphatic heterocycles. The van der Waals surface area contributed by atoms with E-state index in [9.17, 15) is 9.59 Å². The summed E-state index contributed by atoms with van der Waals surface area (Å²) in [7, 11) is 0. The van der Waals surface area contributed by atoms with Crippen LogP contribution in [-0.2, 0) is 16.0 Å². The quantitative estimate of drug-likeness (QED) is 0.555. The van der Waals surface area contributed by atoms with Crippen molar-refractivity contribution in [1.29, 1.82) is 0 Å². The predicted molar refractivity (Wildman–Crippen MR) is 132 cm³/mol. The monoisotopic (exact) mass is 450 g/mol. The lowest BCUT2D eigenvalue weighted by Crippen LogP contribution is -2.53. The summed E-state index contributed by atoms with van der Waals surface area (Å²) in [6, 6.07) is 15.7. The summed E-state index contributed by atoms with van der Waals surface area (Å²) in [5, 5.41) is 3.22. The highest BCUT2D eigenvalue weighted by Crippen LogP contribution is 2.21. The molecule has 2 aromatic carbocycles. The maximum Gasteiger partial charge on any atom is 0.261 e. The number of hydrogen-bond acceptors (Lipinski definition) is 3. The Morgan fingerprint density at radius 1 is 1.03 bits per heavy atom. The van der Waals surface area contributed by atoms with E-state index in [0.29, 0.717) is 25.1 Å². The Morgan fingerprint density at radius 3 is 2.45 bits per heavy atom. The molecule has 0 aromatic heterocycles. The number of carbonyl (C=O) groups is 2. The van der Waals surface area contributed by atoms with E-state index < -0.39 is 6.04 Å². The molecular weight excluding hydrogens is 412 g/mol. The number of benzene rings is 2. The summed E-state index contributed by atoms with van der Waals surface area (Å²) in [5.74, 6) is 0.515. The van der Waals surface area contributed by atoms with Crippen LogP contribution < -0.4 is 10.1 Å². The molecule has 1 N–H and O–H groups in total. The smallest absolute Gasteiger partial charge is 0.261 e. The Kier molecular flexibility index (Phi) is 9.35. The number of aryl methyl sites for hydroxylation is 1. The maximum atomic E-state index is 13.4. The normalized spacial score (nSPS) is 15.0. The average molecular weight is 451 g/mol. The third-order valence-electron chi connectivity index (χ3n) is 6.73. The minimum absolute atomic E-state index is 0.0439. The lowest BCUT2D eigenvalue weighted by molar-refractivity contribution is -0.142. The first-order chi connectivity index (χ1) is 16.0. The van der Waals surface area contributed by atoms with E-state index in [-0.39, 0.29) is 24.5 Å². The topological polar surface area (TPSA) is 58.6 Å². The summed E-state index contributed by atoms with van der Waals surface area (Å²) < 4.78 is 5.91. The van der Waals surface area contributed by atoms with Crippen LogP contribution in [0.5, 0.6) is 5.75 Å². The lowest BCUT2D eigenvalue weighted by Gasteiger charge is -2.32. The molecule has 33 heavy (non-hydrogen) atoms. The summed E-state index contributed by atoms with van der Waals surface area (Å²) in [4.78, 5) is 28.3. The zero-order valence-electron chi connectivity index (χ0n) is 20.3. The average Bonchev–Trinajstić information content (AvgIpc) is 2.83. The highest BCUT2D eigenvalue weighted by Gasteiger charge is 2.30. The molecule has 2 aromatic rings. The third kappa shape index (κ3) is 7.08. The van der Waals surface area contributed by atoms with Gasteiger partial charge in [0.05, 0.1) is 0 Å². The number of carbonyl (C=O) groups excluding carboxylic acids is 2. The standard InChI is InChI=1S/C28H38N2O3/c1-4-25(28(32)29-24-15-9-6-10-16-24)30(19-18-23-13-7-5-8-14-23)27(31)20-33-26-17-11-12-21(2)22(26)3/h5,7-8,11-14,17,24-25H,4,6,9-10,15-16,18-20H2,1-3H3,(H,29,32)/t25-/m0/s1. The first-order valence-corrected chi connectivity index (χ1v) is 12.3. The molecule has 0 unspecified atom stereocenters. The van der Waals surface area contributed by atoms with E-state index in [1.165, 1.54) is 6.42 Å². The molecule has 1 aliphatic carbocycles. The fraction of sp³-hybridized carbons (Fsp3) is 0.500.